The maximum Gasteiger partial charge on any atom is 0.239 e. The molecule has 1 aliphatic carbocycles. The first-order valence-electron chi connectivity index (χ1n) is 7.98. The molecule has 0 aromatic rings. The van der Waals surface area contributed by atoms with Crippen molar-refractivity contribution in [3.05, 3.63) is 0 Å². The van der Waals surface area contributed by atoms with Gasteiger partial charge >= 0.3 is 0 Å². The molecule has 2 rings (SSSR count). The highest BCUT2D eigenvalue weighted by molar-refractivity contribution is 5.86. The van der Waals surface area contributed by atoms with Crippen LogP contribution >= 0.6 is 0 Å². The van der Waals surface area contributed by atoms with Gasteiger partial charge in [0, 0.05) is 38.8 Å². The van der Waals surface area contributed by atoms with Crippen molar-refractivity contribution in [2.75, 3.05) is 39.8 Å². The summed E-state index contributed by atoms with van der Waals surface area (Å²) in [5.74, 6) is 0.240. The molecule has 2 aliphatic rings. The fourth-order valence-corrected chi connectivity index (χ4v) is 3.36. The van der Waals surface area contributed by atoms with Crippen LogP contribution in [0.2, 0.25) is 0 Å². The van der Waals surface area contributed by atoms with Crippen LogP contribution in [0.4, 0.5) is 0 Å². The number of primary amides is 1. The molecule has 3 N–H and O–H groups in total. The minimum Gasteiger partial charge on any atom is -0.368 e. The second-order valence-electron chi connectivity index (χ2n) is 6.43. The lowest BCUT2D eigenvalue weighted by Gasteiger charge is -2.42. The zero-order valence-corrected chi connectivity index (χ0v) is 13.2. The van der Waals surface area contributed by atoms with Crippen molar-refractivity contribution in [2.45, 2.75) is 44.7 Å². The highest BCUT2D eigenvalue weighted by atomic mass is 16.1. The molecular weight excluding hydrogens is 252 g/mol. The van der Waals surface area contributed by atoms with E-state index in [2.05, 4.69) is 29.0 Å². The van der Waals surface area contributed by atoms with Gasteiger partial charge in [-0.15, -0.1) is 0 Å². The Morgan fingerprint density at radius 1 is 1.35 bits per heavy atom. The third-order valence-corrected chi connectivity index (χ3v) is 5.25. The molecule has 116 valence electrons. The third kappa shape index (κ3) is 3.15. The lowest BCUT2D eigenvalue weighted by molar-refractivity contribution is -0.126. The molecule has 5 nitrogen and oxygen atoms in total. The Kier molecular flexibility index (Phi) is 5.04. The minimum atomic E-state index is -0.515. The fourth-order valence-electron chi connectivity index (χ4n) is 3.36. The second-order valence-corrected chi connectivity index (χ2v) is 6.43. The molecule has 1 aliphatic heterocycles. The van der Waals surface area contributed by atoms with Crippen molar-refractivity contribution >= 4 is 5.91 Å². The van der Waals surface area contributed by atoms with Gasteiger partial charge in [0.25, 0.3) is 0 Å². The number of nitrogens with one attached hydrogen (secondary N) is 1. The zero-order valence-electron chi connectivity index (χ0n) is 13.2. The van der Waals surface area contributed by atoms with E-state index < -0.39 is 5.54 Å². The predicted octanol–water partition coefficient (Wildman–Crippen LogP) is 0.256. The number of hydrogen-bond donors (Lipinski definition) is 2. The topological polar surface area (TPSA) is 61.6 Å². The summed E-state index contributed by atoms with van der Waals surface area (Å²) >= 11 is 0. The van der Waals surface area contributed by atoms with Crippen LogP contribution in [0.1, 0.15) is 33.1 Å². The van der Waals surface area contributed by atoms with Crippen LogP contribution in [0.3, 0.4) is 0 Å². The quantitative estimate of drug-likeness (QED) is 0.703. The number of rotatable bonds is 7. The Bertz CT molecular complexity index is 337. The Morgan fingerprint density at radius 2 is 1.95 bits per heavy atom. The first-order valence-corrected chi connectivity index (χ1v) is 7.98. The van der Waals surface area contributed by atoms with Gasteiger partial charge in [0.15, 0.2) is 0 Å². The van der Waals surface area contributed by atoms with E-state index in [0.29, 0.717) is 12.0 Å². The van der Waals surface area contributed by atoms with Crippen LogP contribution in [0.25, 0.3) is 0 Å². The Hall–Kier alpha value is -0.650. The third-order valence-electron chi connectivity index (χ3n) is 5.25. The molecule has 1 heterocycles. The monoisotopic (exact) mass is 282 g/mol. The number of carbonyl (C=O) groups is 1. The normalized spacial score (nSPS) is 26.1. The van der Waals surface area contributed by atoms with E-state index in [1.807, 2.05) is 7.05 Å². The van der Waals surface area contributed by atoms with Crippen molar-refractivity contribution in [3.8, 4) is 0 Å². The summed E-state index contributed by atoms with van der Waals surface area (Å²) in [6.07, 6.45) is 3.44. The molecular formula is C15H30N4O. The molecule has 5 heteroatoms. The number of amides is 1. The Morgan fingerprint density at radius 3 is 2.35 bits per heavy atom. The highest BCUT2D eigenvalue weighted by Crippen LogP contribution is 2.40. The maximum atomic E-state index is 11.9. The molecule has 0 aromatic carbocycles. The van der Waals surface area contributed by atoms with E-state index in [4.69, 9.17) is 5.73 Å². The van der Waals surface area contributed by atoms with Gasteiger partial charge < -0.3 is 11.1 Å². The predicted molar refractivity (Wildman–Crippen MR) is 81.5 cm³/mol. The van der Waals surface area contributed by atoms with Gasteiger partial charge in [0.1, 0.15) is 5.54 Å². The van der Waals surface area contributed by atoms with Crippen molar-refractivity contribution in [1.29, 1.82) is 0 Å². The SMILES string of the molecule is CCC(C)N1CCN(CC(NC)(C(N)=O)C2CC2)CC1. The van der Waals surface area contributed by atoms with Gasteiger partial charge in [-0.2, -0.15) is 0 Å². The van der Waals surface area contributed by atoms with E-state index in [0.717, 1.165) is 45.6 Å². The summed E-state index contributed by atoms with van der Waals surface area (Å²) in [4.78, 5) is 16.9. The molecule has 1 saturated carbocycles. The summed E-state index contributed by atoms with van der Waals surface area (Å²) < 4.78 is 0. The molecule has 0 bridgehead atoms. The van der Waals surface area contributed by atoms with Crippen LogP contribution in [-0.4, -0.2) is 67.1 Å². The van der Waals surface area contributed by atoms with Crippen LogP contribution < -0.4 is 11.1 Å². The minimum absolute atomic E-state index is 0.188. The molecule has 1 saturated heterocycles. The Balaban J connectivity index is 1.92. The highest BCUT2D eigenvalue weighted by Gasteiger charge is 2.49. The number of likely N-dealkylation sites (N-methyl/N-ethyl adjacent to an activating group) is 1. The van der Waals surface area contributed by atoms with Gasteiger partial charge in [0.2, 0.25) is 5.91 Å². The van der Waals surface area contributed by atoms with Crippen molar-refractivity contribution < 1.29 is 4.79 Å². The molecule has 0 radical (unpaired) electrons. The van der Waals surface area contributed by atoms with Crippen molar-refractivity contribution in [3.63, 3.8) is 0 Å². The number of piperazine rings is 1. The summed E-state index contributed by atoms with van der Waals surface area (Å²) in [5, 5.41) is 3.24. The van der Waals surface area contributed by atoms with Crippen LogP contribution in [0, 0.1) is 5.92 Å². The number of nitrogens with two attached hydrogens (primary N) is 1. The molecule has 2 atom stereocenters. The molecule has 0 spiro atoms. The second kappa shape index (κ2) is 6.41. The van der Waals surface area contributed by atoms with E-state index in [1.54, 1.807) is 0 Å². The summed E-state index contributed by atoms with van der Waals surface area (Å²) in [6.45, 7) is 9.56. The van der Waals surface area contributed by atoms with Gasteiger partial charge in [-0.3, -0.25) is 14.6 Å². The van der Waals surface area contributed by atoms with Crippen molar-refractivity contribution in [2.24, 2.45) is 11.7 Å². The van der Waals surface area contributed by atoms with Crippen molar-refractivity contribution in [1.82, 2.24) is 15.1 Å². The summed E-state index contributed by atoms with van der Waals surface area (Å²) in [5.41, 5.74) is 5.18. The van der Waals surface area contributed by atoms with Gasteiger partial charge in [0.05, 0.1) is 0 Å². The maximum absolute atomic E-state index is 11.9. The lowest BCUT2D eigenvalue weighted by atomic mass is 9.91. The smallest absolute Gasteiger partial charge is 0.239 e. The van der Waals surface area contributed by atoms with E-state index in [-0.39, 0.29) is 5.91 Å². The van der Waals surface area contributed by atoms with E-state index in [9.17, 15) is 4.79 Å². The van der Waals surface area contributed by atoms with Crippen LogP contribution in [-0.2, 0) is 4.79 Å². The first kappa shape index (κ1) is 15.7. The summed E-state index contributed by atoms with van der Waals surface area (Å²) in [7, 11) is 1.87. The summed E-state index contributed by atoms with van der Waals surface area (Å²) in [6, 6.07) is 0.658. The zero-order chi connectivity index (χ0) is 14.8. The van der Waals surface area contributed by atoms with Gasteiger partial charge in [-0.05, 0) is 39.2 Å². The number of nitrogens with zero attached hydrogens (tertiary/aromatic N) is 2. The van der Waals surface area contributed by atoms with Crippen LogP contribution in [0.15, 0.2) is 0 Å². The number of carbonyl (C=O) groups excluding carboxylic acids is 1. The standard InChI is InChI=1S/C15H30N4O/c1-4-12(2)19-9-7-18(8-10-19)11-15(17-3,14(16)20)13-5-6-13/h12-13,17H,4-11H2,1-3H3,(H2,16,20). The molecule has 1 amide bonds. The van der Waals surface area contributed by atoms with Gasteiger partial charge in [-0.1, -0.05) is 6.92 Å². The average molecular weight is 282 g/mol. The molecule has 2 fully saturated rings. The first-order chi connectivity index (χ1) is 9.53. The van der Waals surface area contributed by atoms with E-state index >= 15 is 0 Å². The molecule has 20 heavy (non-hydrogen) atoms. The van der Waals surface area contributed by atoms with E-state index in [1.165, 1.54) is 6.42 Å². The fraction of sp³-hybridized carbons (Fsp3) is 0.933. The molecule has 2 unspecified atom stereocenters. The van der Waals surface area contributed by atoms with Gasteiger partial charge in [-0.25, -0.2) is 0 Å². The average Bonchev–Trinajstić information content (AvgIpc) is 3.29. The molecule has 0 aromatic heterocycles. The lowest BCUT2D eigenvalue weighted by Crippen LogP contribution is -2.64. The van der Waals surface area contributed by atoms with Crippen LogP contribution in [0.5, 0.6) is 0 Å². The Labute approximate surface area is 122 Å². The largest absolute Gasteiger partial charge is 0.368 e. The number of hydrogen-bond acceptors (Lipinski definition) is 4.